The van der Waals surface area contributed by atoms with Crippen LogP contribution in [0.5, 0.6) is 0 Å². The highest BCUT2D eigenvalue weighted by Crippen LogP contribution is 2.40. The van der Waals surface area contributed by atoms with Gasteiger partial charge in [0.25, 0.3) is 0 Å². The zero-order chi connectivity index (χ0) is 24.3. The number of alkyl halides is 6. The van der Waals surface area contributed by atoms with Gasteiger partial charge in [0, 0.05) is 30.7 Å². The Morgan fingerprint density at radius 3 is 2.44 bits per heavy atom. The highest BCUT2D eigenvalue weighted by molar-refractivity contribution is 5.84. The van der Waals surface area contributed by atoms with Crippen molar-refractivity contribution in [1.82, 2.24) is 24.5 Å². The lowest BCUT2D eigenvalue weighted by molar-refractivity contribution is -0.183. The molecule has 0 radical (unpaired) electrons. The molecule has 0 amide bonds. The molecule has 0 spiro atoms. The predicted molar refractivity (Wildman–Crippen MR) is 112 cm³/mol. The number of rotatable bonds is 3. The van der Waals surface area contributed by atoms with Crippen LogP contribution in [-0.4, -0.2) is 49.8 Å². The quantitative estimate of drug-likeness (QED) is 0.434. The van der Waals surface area contributed by atoms with E-state index in [2.05, 4.69) is 15.2 Å². The van der Waals surface area contributed by atoms with Crippen molar-refractivity contribution in [3.05, 3.63) is 59.8 Å². The average molecular weight is 480 g/mol. The Labute approximate surface area is 189 Å². The molecule has 0 aliphatic carbocycles. The van der Waals surface area contributed by atoms with Crippen LogP contribution in [0.3, 0.4) is 0 Å². The van der Waals surface area contributed by atoms with Crippen LogP contribution in [0.4, 0.5) is 26.3 Å². The molecule has 12 heteroatoms. The second kappa shape index (κ2) is 7.91. The zero-order valence-electron chi connectivity index (χ0n) is 17.5. The number of nitrogens with zero attached hydrogens (tertiary/aromatic N) is 5. The van der Waals surface area contributed by atoms with Crippen LogP contribution in [0.2, 0.25) is 0 Å². The molecule has 0 saturated carbocycles. The van der Waals surface area contributed by atoms with Gasteiger partial charge < -0.3 is 5.73 Å². The average Bonchev–Trinajstić information content (AvgIpc) is 3.37. The van der Waals surface area contributed by atoms with Crippen LogP contribution < -0.4 is 5.73 Å². The Hall–Kier alpha value is -3.25. The molecule has 0 bridgehead atoms. The molecule has 1 fully saturated rings. The first kappa shape index (κ1) is 22.5. The Balaban J connectivity index is 1.63. The molecule has 6 nitrogen and oxygen atoms in total. The summed E-state index contributed by atoms with van der Waals surface area (Å²) in [7, 11) is 0. The Kier molecular flexibility index (Phi) is 5.24. The molecule has 4 heterocycles. The molecular weight excluding hydrogens is 462 g/mol. The van der Waals surface area contributed by atoms with Gasteiger partial charge in [-0.05, 0) is 30.2 Å². The van der Waals surface area contributed by atoms with Gasteiger partial charge >= 0.3 is 12.4 Å². The summed E-state index contributed by atoms with van der Waals surface area (Å²) < 4.78 is 83.8. The lowest BCUT2D eigenvalue weighted by Crippen LogP contribution is -2.38. The van der Waals surface area contributed by atoms with Crippen molar-refractivity contribution in [1.29, 1.82) is 0 Å². The maximum Gasteiger partial charge on any atom is 0.418 e. The van der Waals surface area contributed by atoms with Crippen LogP contribution in [0.1, 0.15) is 23.6 Å². The van der Waals surface area contributed by atoms with Gasteiger partial charge in [-0.15, -0.1) is 10.2 Å². The summed E-state index contributed by atoms with van der Waals surface area (Å²) in [5.74, 6) is 0.0368. The topological polar surface area (TPSA) is 72.3 Å². The van der Waals surface area contributed by atoms with E-state index in [1.54, 1.807) is 0 Å². The number of fused-ring (bicyclic) bond motifs is 2. The van der Waals surface area contributed by atoms with Crippen LogP contribution in [0.25, 0.3) is 28.1 Å². The first-order valence-electron chi connectivity index (χ1n) is 10.4. The predicted octanol–water partition coefficient (Wildman–Crippen LogP) is 4.60. The van der Waals surface area contributed by atoms with E-state index in [4.69, 9.17) is 5.73 Å². The molecule has 4 aromatic rings. The smallest absolute Gasteiger partial charge is 0.326 e. The van der Waals surface area contributed by atoms with E-state index in [9.17, 15) is 26.3 Å². The first-order valence-corrected chi connectivity index (χ1v) is 10.4. The molecule has 2 atom stereocenters. The Morgan fingerprint density at radius 1 is 0.971 bits per heavy atom. The summed E-state index contributed by atoms with van der Waals surface area (Å²) in [5, 5.41) is 8.22. The molecule has 178 valence electrons. The highest BCUT2D eigenvalue weighted by Gasteiger charge is 2.46. The molecular formula is C22H18F6N6. The van der Waals surface area contributed by atoms with Crippen molar-refractivity contribution in [3.8, 4) is 11.5 Å². The maximum atomic E-state index is 14.0. The van der Waals surface area contributed by atoms with Gasteiger partial charge in [-0.1, -0.05) is 24.3 Å². The van der Waals surface area contributed by atoms with Crippen LogP contribution in [0, 0.1) is 0 Å². The van der Waals surface area contributed by atoms with Crippen molar-refractivity contribution in [2.24, 2.45) is 5.73 Å². The molecule has 5 rings (SSSR count). The lowest BCUT2D eigenvalue weighted by Gasteiger charge is -2.30. The summed E-state index contributed by atoms with van der Waals surface area (Å²) in [6.07, 6.45) is -7.47. The van der Waals surface area contributed by atoms with Gasteiger partial charge in [-0.2, -0.15) is 26.3 Å². The lowest BCUT2D eigenvalue weighted by atomic mass is 10.1. The summed E-state index contributed by atoms with van der Waals surface area (Å²) in [4.78, 5) is 5.43. The largest absolute Gasteiger partial charge is 0.418 e. The summed E-state index contributed by atoms with van der Waals surface area (Å²) >= 11 is 0. The normalized spacial score (nSPS) is 18.7. The number of aromatic nitrogens is 4. The van der Waals surface area contributed by atoms with Gasteiger partial charge in [0.2, 0.25) is 0 Å². The van der Waals surface area contributed by atoms with E-state index in [1.165, 1.54) is 51.9 Å². The molecule has 1 aliphatic rings. The van der Waals surface area contributed by atoms with E-state index >= 15 is 0 Å². The molecule has 1 saturated heterocycles. The fourth-order valence-electron chi connectivity index (χ4n) is 4.40. The van der Waals surface area contributed by atoms with Gasteiger partial charge in [0.1, 0.15) is 11.7 Å². The van der Waals surface area contributed by atoms with Crippen LogP contribution in [0.15, 0.2) is 48.7 Å². The fourth-order valence-corrected chi connectivity index (χ4v) is 4.40. The Morgan fingerprint density at radius 2 is 1.76 bits per heavy atom. The Bertz CT molecular complexity index is 1360. The monoisotopic (exact) mass is 480 g/mol. The van der Waals surface area contributed by atoms with Crippen LogP contribution in [-0.2, 0) is 6.18 Å². The standard InChI is InChI=1S/C22H18F6N6/c23-21(24,25)15-3-1-2-12-4-6-16(30-18(12)15)20-32-31-17-7-5-13(10-34(17)20)19(22(26,27)28)33-9-8-14(29)11-33/h1-7,10,14,19H,8-9,11,29H2. The number of halogens is 6. The van der Waals surface area contributed by atoms with Gasteiger partial charge in [-0.3, -0.25) is 9.30 Å². The summed E-state index contributed by atoms with van der Waals surface area (Å²) in [5.41, 5.74) is 4.88. The minimum Gasteiger partial charge on any atom is -0.326 e. The van der Waals surface area contributed by atoms with E-state index in [1.807, 2.05) is 0 Å². The number of nitrogens with two attached hydrogens (primary N) is 1. The van der Waals surface area contributed by atoms with E-state index in [0.29, 0.717) is 6.42 Å². The number of benzene rings is 1. The van der Waals surface area contributed by atoms with Gasteiger partial charge in [0.05, 0.1) is 11.1 Å². The van der Waals surface area contributed by atoms with E-state index < -0.39 is 24.0 Å². The fraction of sp³-hybridized carbons (Fsp3) is 0.318. The van der Waals surface area contributed by atoms with Crippen molar-refractivity contribution in [2.45, 2.75) is 30.9 Å². The number of hydrogen-bond acceptors (Lipinski definition) is 5. The third-order valence-electron chi connectivity index (χ3n) is 5.93. The molecule has 2 unspecified atom stereocenters. The SMILES string of the molecule is NC1CCN(C(c2ccc3nnc(-c4ccc5cccc(C(F)(F)F)c5n4)n3c2)C(F)(F)F)C1. The second-order valence-electron chi connectivity index (χ2n) is 8.27. The van der Waals surface area contributed by atoms with Gasteiger partial charge in [-0.25, -0.2) is 4.98 Å². The summed E-state index contributed by atoms with van der Waals surface area (Å²) in [6, 6.07) is 7.12. The molecule has 1 aromatic carbocycles. The minimum atomic E-state index is -4.62. The maximum absolute atomic E-state index is 14.0. The molecule has 3 aromatic heterocycles. The first-order chi connectivity index (χ1) is 16.0. The molecule has 34 heavy (non-hydrogen) atoms. The second-order valence-corrected chi connectivity index (χ2v) is 8.27. The minimum absolute atomic E-state index is 0.0368. The zero-order valence-corrected chi connectivity index (χ0v) is 17.5. The summed E-state index contributed by atoms with van der Waals surface area (Å²) in [6.45, 7) is 0.300. The highest BCUT2D eigenvalue weighted by atomic mass is 19.4. The molecule has 2 N–H and O–H groups in total. The molecule has 1 aliphatic heterocycles. The number of para-hydroxylation sites is 1. The number of likely N-dealkylation sites (tertiary alicyclic amines) is 1. The number of hydrogen-bond donors (Lipinski definition) is 1. The van der Waals surface area contributed by atoms with Crippen molar-refractivity contribution >= 4 is 16.6 Å². The van der Waals surface area contributed by atoms with Gasteiger partial charge in [0.15, 0.2) is 11.5 Å². The number of pyridine rings is 2. The van der Waals surface area contributed by atoms with Crippen molar-refractivity contribution in [2.75, 3.05) is 13.1 Å². The van der Waals surface area contributed by atoms with E-state index in [-0.39, 0.29) is 52.8 Å². The van der Waals surface area contributed by atoms with Crippen LogP contribution >= 0.6 is 0 Å². The third kappa shape index (κ3) is 3.96. The third-order valence-corrected chi connectivity index (χ3v) is 5.93. The van der Waals surface area contributed by atoms with Crippen molar-refractivity contribution in [3.63, 3.8) is 0 Å². The van der Waals surface area contributed by atoms with E-state index in [0.717, 1.165) is 6.07 Å². The van der Waals surface area contributed by atoms with Crippen molar-refractivity contribution < 1.29 is 26.3 Å².